The minimum atomic E-state index is 0.00792. The Balaban J connectivity index is 1.82. The lowest BCUT2D eigenvalue weighted by Crippen LogP contribution is -3.12. The average molecular weight is 396 g/mol. The van der Waals surface area contributed by atoms with Crippen molar-refractivity contribution in [2.24, 2.45) is 0 Å². The number of hydrogen-bond acceptors (Lipinski definition) is 5. The highest BCUT2D eigenvalue weighted by molar-refractivity contribution is 8.26. The topological polar surface area (TPSA) is 34.0 Å². The zero-order valence-electron chi connectivity index (χ0n) is 14.5. The number of amides is 1. The van der Waals surface area contributed by atoms with Crippen LogP contribution in [0.4, 0.5) is 0 Å². The van der Waals surface area contributed by atoms with E-state index in [2.05, 4.69) is 6.07 Å². The summed E-state index contributed by atoms with van der Waals surface area (Å²) in [7, 11) is 1.71. The number of quaternary nitrogens is 1. The molecule has 0 atom stereocenters. The first-order chi connectivity index (χ1) is 12.1. The van der Waals surface area contributed by atoms with Crippen LogP contribution in [0.15, 0.2) is 23.1 Å². The van der Waals surface area contributed by atoms with Gasteiger partial charge in [0.15, 0.2) is 0 Å². The van der Waals surface area contributed by atoms with Crippen LogP contribution < -0.4 is 9.64 Å². The van der Waals surface area contributed by atoms with Crippen LogP contribution in [-0.2, 0) is 11.3 Å². The smallest absolute Gasteiger partial charge is 0.266 e. The summed E-state index contributed by atoms with van der Waals surface area (Å²) in [6.45, 7) is 5.90. The van der Waals surface area contributed by atoms with Gasteiger partial charge in [-0.25, -0.2) is 0 Å². The van der Waals surface area contributed by atoms with Gasteiger partial charge in [-0.1, -0.05) is 30.0 Å². The quantitative estimate of drug-likeness (QED) is 0.610. The number of likely N-dealkylation sites (N-methyl/N-ethyl adjacent to an activating group) is 1. The van der Waals surface area contributed by atoms with E-state index < -0.39 is 0 Å². The lowest BCUT2D eigenvalue weighted by molar-refractivity contribution is -0.910. The maximum absolute atomic E-state index is 12.4. The van der Waals surface area contributed by atoms with Crippen molar-refractivity contribution in [1.82, 2.24) is 4.90 Å². The lowest BCUT2D eigenvalue weighted by atomic mass is 10.1. The summed E-state index contributed by atoms with van der Waals surface area (Å²) >= 11 is 8.70. The molecule has 0 radical (unpaired) electrons. The molecule has 1 amide bonds. The molecular formula is C18H23N2O2S3+. The number of carbonyl (C=O) groups is 1. The second kappa shape index (κ2) is 8.58. The third kappa shape index (κ3) is 4.39. The number of methoxy groups -OCH3 is 1. The summed E-state index contributed by atoms with van der Waals surface area (Å²) in [5.74, 6) is 3.37. The number of benzene rings is 1. The molecule has 2 aliphatic heterocycles. The minimum Gasteiger partial charge on any atom is -0.496 e. The fraction of sp³-hybridized carbons (Fsp3) is 0.444. The molecule has 0 spiro atoms. The van der Waals surface area contributed by atoms with Gasteiger partial charge in [0.25, 0.3) is 5.91 Å². The number of ether oxygens (including phenoxy) is 1. The van der Waals surface area contributed by atoms with Gasteiger partial charge in [-0.05, 0) is 30.7 Å². The predicted molar refractivity (Wildman–Crippen MR) is 110 cm³/mol. The third-order valence-corrected chi connectivity index (χ3v) is 6.80. The molecule has 25 heavy (non-hydrogen) atoms. The van der Waals surface area contributed by atoms with Gasteiger partial charge in [0.2, 0.25) is 0 Å². The second-order valence-electron chi connectivity index (χ2n) is 6.04. The maximum atomic E-state index is 12.4. The Morgan fingerprint density at radius 2 is 2.12 bits per heavy atom. The molecule has 1 N–H and O–H groups in total. The monoisotopic (exact) mass is 395 g/mol. The molecule has 0 aliphatic carbocycles. The molecule has 2 saturated heterocycles. The third-order valence-electron chi connectivity index (χ3n) is 4.43. The molecule has 7 heteroatoms. The Morgan fingerprint density at radius 3 is 2.76 bits per heavy atom. The zero-order chi connectivity index (χ0) is 17.8. The molecule has 1 aromatic carbocycles. The van der Waals surface area contributed by atoms with Crippen molar-refractivity contribution < 1.29 is 14.4 Å². The number of thiocarbonyl (C=S) groups is 1. The van der Waals surface area contributed by atoms with Gasteiger partial charge < -0.3 is 9.64 Å². The molecule has 0 bridgehead atoms. The van der Waals surface area contributed by atoms with Gasteiger partial charge >= 0.3 is 0 Å². The minimum absolute atomic E-state index is 0.00792. The number of thioether (sulfide) groups is 2. The van der Waals surface area contributed by atoms with E-state index in [9.17, 15) is 4.79 Å². The van der Waals surface area contributed by atoms with Gasteiger partial charge in [-0.3, -0.25) is 9.69 Å². The summed E-state index contributed by atoms with van der Waals surface area (Å²) in [6.07, 6.45) is 1.94. The molecule has 134 valence electrons. The molecule has 0 aromatic heterocycles. The zero-order valence-corrected chi connectivity index (χ0v) is 17.0. The number of carbonyl (C=O) groups excluding carboxylic acids is 1. The van der Waals surface area contributed by atoms with Crippen LogP contribution in [0.2, 0.25) is 0 Å². The van der Waals surface area contributed by atoms with E-state index in [1.807, 2.05) is 36.9 Å². The molecule has 0 saturated carbocycles. The first-order valence-electron chi connectivity index (χ1n) is 8.46. The van der Waals surface area contributed by atoms with E-state index in [0.29, 0.717) is 15.8 Å². The molecule has 3 rings (SSSR count). The fourth-order valence-corrected chi connectivity index (χ4v) is 5.51. The Bertz CT molecular complexity index is 700. The predicted octanol–water partition coefficient (Wildman–Crippen LogP) is 2.05. The van der Waals surface area contributed by atoms with E-state index in [1.54, 1.807) is 16.9 Å². The lowest BCUT2D eigenvalue weighted by Gasteiger charge is -2.24. The molecule has 1 aromatic rings. The van der Waals surface area contributed by atoms with Gasteiger partial charge in [0, 0.05) is 23.6 Å². The number of rotatable bonds is 5. The van der Waals surface area contributed by atoms with Crippen molar-refractivity contribution in [3.8, 4) is 5.75 Å². The molecule has 2 aliphatic rings. The summed E-state index contributed by atoms with van der Waals surface area (Å²) < 4.78 is 6.19. The Kier molecular flexibility index (Phi) is 6.44. The van der Waals surface area contributed by atoms with E-state index in [4.69, 9.17) is 17.0 Å². The normalized spacial score (nSPS) is 20.6. The molecule has 4 nitrogen and oxygen atoms in total. The highest BCUT2D eigenvalue weighted by Gasteiger charge is 2.30. The van der Waals surface area contributed by atoms with Crippen LogP contribution in [0, 0.1) is 0 Å². The van der Waals surface area contributed by atoms with Gasteiger partial charge in [0.05, 0.1) is 25.1 Å². The summed E-state index contributed by atoms with van der Waals surface area (Å²) in [5, 5.41) is 0. The van der Waals surface area contributed by atoms with Crippen LogP contribution in [0.3, 0.4) is 0 Å². The highest BCUT2D eigenvalue weighted by Crippen LogP contribution is 2.32. The largest absolute Gasteiger partial charge is 0.496 e. The first-order valence-corrected chi connectivity index (χ1v) is 10.8. The van der Waals surface area contributed by atoms with Gasteiger partial charge in [0.1, 0.15) is 16.6 Å². The van der Waals surface area contributed by atoms with Crippen LogP contribution in [0.5, 0.6) is 5.75 Å². The van der Waals surface area contributed by atoms with E-state index in [0.717, 1.165) is 17.9 Å². The standard InChI is InChI=1S/C18H22N2O2S3/c1-3-20-17(21)16(25-18(20)23)11-13-4-5-15(22-2)14(10-13)12-19-6-8-24-9-7-19/h4-5,10-11H,3,6-9,12H2,1-2H3/p+1/b16-11-. The first kappa shape index (κ1) is 18.8. The summed E-state index contributed by atoms with van der Waals surface area (Å²) in [4.78, 5) is 16.3. The van der Waals surface area contributed by atoms with Crippen LogP contribution in [-0.4, -0.2) is 53.4 Å². The van der Waals surface area contributed by atoms with Crippen LogP contribution in [0.1, 0.15) is 18.1 Å². The molecule has 0 unspecified atom stereocenters. The number of nitrogens with zero attached hydrogens (tertiary/aromatic N) is 1. The Hall–Kier alpha value is -1.02. The van der Waals surface area contributed by atoms with Crippen molar-refractivity contribution in [2.45, 2.75) is 13.5 Å². The highest BCUT2D eigenvalue weighted by atomic mass is 32.2. The SMILES string of the molecule is CCN1C(=O)/C(=C/c2ccc(OC)c(C[NH+]3CCSCC3)c2)SC1=S. The molecular weight excluding hydrogens is 372 g/mol. The van der Waals surface area contributed by atoms with Crippen LogP contribution >= 0.6 is 35.7 Å². The maximum Gasteiger partial charge on any atom is 0.266 e. The van der Waals surface area contributed by atoms with E-state index in [1.165, 1.54) is 41.9 Å². The van der Waals surface area contributed by atoms with E-state index >= 15 is 0 Å². The molecule has 2 fully saturated rings. The Morgan fingerprint density at radius 1 is 1.36 bits per heavy atom. The van der Waals surface area contributed by atoms with Crippen molar-refractivity contribution in [2.75, 3.05) is 38.2 Å². The second-order valence-corrected chi connectivity index (χ2v) is 8.94. The van der Waals surface area contributed by atoms with Crippen molar-refractivity contribution in [3.63, 3.8) is 0 Å². The summed E-state index contributed by atoms with van der Waals surface area (Å²) in [6, 6.07) is 6.15. The van der Waals surface area contributed by atoms with Crippen LogP contribution in [0.25, 0.3) is 6.08 Å². The fourth-order valence-electron chi connectivity index (χ4n) is 3.06. The molecule has 2 heterocycles. The van der Waals surface area contributed by atoms with Crippen molar-refractivity contribution in [1.29, 1.82) is 0 Å². The van der Waals surface area contributed by atoms with Gasteiger partial charge in [-0.2, -0.15) is 11.8 Å². The van der Waals surface area contributed by atoms with Crippen molar-refractivity contribution in [3.05, 3.63) is 34.2 Å². The number of nitrogens with one attached hydrogen (secondary N) is 1. The number of hydrogen-bond donors (Lipinski definition) is 1. The van der Waals surface area contributed by atoms with Crippen molar-refractivity contribution >= 4 is 52.0 Å². The average Bonchev–Trinajstić information content (AvgIpc) is 2.89. The van der Waals surface area contributed by atoms with Gasteiger partial charge in [-0.15, -0.1) is 0 Å². The Labute approximate surface area is 163 Å². The van der Waals surface area contributed by atoms with E-state index in [-0.39, 0.29) is 5.91 Å². The summed E-state index contributed by atoms with van der Waals surface area (Å²) in [5.41, 5.74) is 2.22.